The second-order valence-corrected chi connectivity index (χ2v) is 9.75. The Kier molecular flexibility index (Phi) is 8.95. The van der Waals surface area contributed by atoms with E-state index in [2.05, 4.69) is 60.7 Å². The van der Waals surface area contributed by atoms with Gasteiger partial charge in [-0.15, -0.1) is 10.2 Å². The number of amides is 1. The molecule has 1 amide bonds. The number of benzene rings is 2. The molecule has 0 radical (unpaired) electrons. The van der Waals surface area contributed by atoms with Crippen molar-refractivity contribution in [3.05, 3.63) is 71.0 Å². The Labute approximate surface area is 201 Å². The second-order valence-electron chi connectivity index (χ2n) is 8.80. The van der Waals surface area contributed by atoms with Crippen molar-refractivity contribution < 1.29 is 9.53 Å². The van der Waals surface area contributed by atoms with Gasteiger partial charge in [-0.25, -0.2) is 0 Å². The number of carbonyl (C=O) groups excluding carboxylic acids is 1. The minimum absolute atomic E-state index is 0.0699. The van der Waals surface area contributed by atoms with Gasteiger partial charge in [0.15, 0.2) is 11.0 Å². The van der Waals surface area contributed by atoms with E-state index in [0.29, 0.717) is 24.8 Å². The molecule has 0 atom stereocenters. The molecule has 0 saturated carbocycles. The molecule has 3 rings (SSSR count). The van der Waals surface area contributed by atoms with E-state index in [1.807, 2.05) is 37.4 Å². The van der Waals surface area contributed by atoms with Crippen LogP contribution in [0.4, 0.5) is 0 Å². The van der Waals surface area contributed by atoms with E-state index >= 15 is 0 Å². The number of aryl methyl sites for hydroxylation is 2. The number of thioether (sulfide) groups is 1. The molecule has 0 N–H and O–H groups in total. The number of hydrogen-bond donors (Lipinski definition) is 0. The van der Waals surface area contributed by atoms with Gasteiger partial charge in [0.25, 0.3) is 0 Å². The molecular weight excluding hydrogens is 432 g/mol. The number of carbonyl (C=O) groups is 1. The number of hydrogen-bond acceptors (Lipinski definition) is 5. The van der Waals surface area contributed by atoms with Crippen LogP contribution in [-0.2, 0) is 24.5 Å². The number of aromatic nitrogens is 3. The highest BCUT2D eigenvalue weighted by molar-refractivity contribution is 7.99. The molecule has 0 aliphatic rings. The summed E-state index contributed by atoms with van der Waals surface area (Å²) in [6, 6.07) is 16.0. The highest BCUT2D eigenvalue weighted by Gasteiger charge is 2.17. The van der Waals surface area contributed by atoms with Crippen molar-refractivity contribution in [1.82, 2.24) is 19.7 Å². The fourth-order valence-corrected chi connectivity index (χ4v) is 4.34. The van der Waals surface area contributed by atoms with E-state index in [0.717, 1.165) is 29.7 Å². The monoisotopic (exact) mass is 466 g/mol. The van der Waals surface area contributed by atoms with Crippen molar-refractivity contribution in [3.63, 3.8) is 0 Å². The number of rotatable bonds is 11. The molecule has 6 nitrogen and oxygen atoms in total. The fourth-order valence-electron chi connectivity index (χ4n) is 3.41. The summed E-state index contributed by atoms with van der Waals surface area (Å²) in [5.74, 6) is 2.52. The minimum Gasteiger partial charge on any atom is -0.486 e. The maximum atomic E-state index is 12.8. The van der Waals surface area contributed by atoms with Crippen LogP contribution in [0.3, 0.4) is 0 Å². The lowest BCUT2D eigenvalue weighted by Gasteiger charge is -2.19. The van der Waals surface area contributed by atoms with Gasteiger partial charge in [-0.1, -0.05) is 67.6 Å². The summed E-state index contributed by atoms with van der Waals surface area (Å²) in [6.07, 6.45) is 1.00. The SMILES string of the molecule is Cc1ccc(CN(C)C(=O)CSc2nnc(COc3ccccc3)n2CCC(C)C)c(C)c1. The highest BCUT2D eigenvalue weighted by Crippen LogP contribution is 2.21. The van der Waals surface area contributed by atoms with E-state index in [1.165, 1.54) is 28.5 Å². The average Bonchev–Trinajstić information content (AvgIpc) is 3.18. The van der Waals surface area contributed by atoms with E-state index in [-0.39, 0.29) is 5.91 Å². The molecule has 0 aliphatic heterocycles. The smallest absolute Gasteiger partial charge is 0.233 e. The first kappa shape index (κ1) is 24.8. The normalized spacial score (nSPS) is 11.1. The molecule has 0 spiro atoms. The Morgan fingerprint density at radius 1 is 1.12 bits per heavy atom. The molecule has 0 bridgehead atoms. The van der Waals surface area contributed by atoms with Gasteiger partial charge in [-0.05, 0) is 49.4 Å². The molecule has 2 aromatic carbocycles. The Morgan fingerprint density at radius 3 is 2.58 bits per heavy atom. The lowest BCUT2D eigenvalue weighted by Crippen LogP contribution is -2.28. The van der Waals surface area contributed by atoms with E-state index in [1.54, 1.807) is 4.90 Å². The average molecular weight is 467 g/mol. The van der Waals surface area contributed by atoms with Gasteiger partial charge in [0.1, 0.15) is 12.4 Å². The predicted octanol–water partition coefficient (Wildman–Crippen LogP) is 5.27. The van der Waals surface area contributed by atoms with Crippen molar-refractivity contribution in [2.75, 3.05) is 12.8 Å². The first-order valence-electron chi connectivity index (χ1n) is 11.4. The van der Waals surface area contributed by atoms with Gasteiger partial charge < -0.3 is 14.2 Å². The molecule has 0 saturated heterocycles. The summed E-state index contributed by atoms with van der Waals surface area (Å²) in [5, 5.41) is 9.49. The maximum absolute atomic E-state index is 12.8. The van der Waals surface area contributed by atoms with Crippen LogP contribution in [0.15, 0.2) is 53.7 Å². The zero-order valence-corrected chi connectivity index (χ0v) is 21.1. The Morgan fingerprint density at radius 2 is 1.88 bits per heavy atom. The van der Waals surface area contributed by atoms with Crippen LogP contribution in [0.1, 0.15) is 42.8 Å². The third-order valence-corrected chi connectivity index (χ3v) is 6.44. The second kappa shape index (κ2) is 11.9. The van der Waals surface area contributed by atoms with Crippen LogP contribution < -0.4 is 4.74 Å². The fraction of sp³-hybridized carbons (Fsp3) is 0.423. The molecule has 0 aliphatic carbocycles. The Hall–Kier alpha value is -2.80. The van der Waals surface area contributed by atoms with E-state index < -0.39 is 0 Å². The van der Waals surface area contributed by atoms with Crippen molar-refractivity contribution in [2.24, 2.45) is 5.92 Å². The van der Waals surface area contributed by atoms with Gasteiger partial charge in [0.05, 0.1) is 5.75 Å². The summed E-state index contributed by atoms with van der Waals surface area (Å²) in [5.41, 5.74) is 3.61. The molecule has 1 heterocycles. The van der Waals surface area contributed by atoms with Gasteiger partial charge in [0, 0.05) is 20.1 Å². The zero-order valence-electron chi connectivity index (χ0n) is 20.2. The summed E-state index contributed by atoms with van der Waals surface area (Å²) in [4.78, 5) is 14.6. The first-order valence-corrected chi connectivity index (χ1v) is 12.3. The van der Waals surface area contributed by atoms with Gasteiger partial charge in [0.2, 0.25) is 5.91 Å². The third kappa shape index (κ3) is 7.35. The number of ether oxygens (including phenoxy) is 1. The lowest BCUT2D eigenvalue weighted by atomic mass is 10.1. The minimum atomic E-state index is 0.0699. The molecular formula is C26H34N4O2S. The van der Waals surface area contributed by atoms with Gasteiger partial charge in [-0.3, -0.25) is 4.79 Å². The molecule has 1 aromatic heterocycles. The summed E-state index contributed by atoms with van der Waals surface area (Å²) in [7, 11) is 1.85. The van der Waals surface area contributed by atoms with Gasteiger partial charge in [-0.2, -0.15) is 0 Å². The third-order valence-electron chi connectivity index (χ3n) is 5.49. The standard InChI is InChI=1S/C26H34N4O2S/c1-19(2)13-14-30-24(17-32-23-9-7-6-8-10-23)27-28-26(30)33-18-25(31)29(5)16-22-12-11-20(3)15-21(22)4/h6-12,15,19H,13-14,16-18H2,1-5H3. The van der Waals surface area contributed by atoms with Crippen molar-refractivity contribution in [2.45, 2.75) is 59.0 Å². The van der Waals surface area contributed by atoms with Crippen LogP contribution in [0, 0.1) is 19.8 Å². The zero-order chi connectivity index (χ0) is 23.8. The maximum Gasteiger partial charge on any atom is 0.233 e. The van der Waals surface area contributed by atoms with Crippen LogP contribution in [0.2, 0.25) is 0 Å². The van der Waals surface area contributed by atoms with E-state index in [4.69, 9.17) is 4.74 Å². The number of nitrogens with zero attached hydrogens (tertiary/aromatic N) is 4. The van der Waals surface area contributed by atoms with Crippen LogP contribution in [0.25, 0.3) is 0 Å². The summed E-state index contributed by atoms with van der Waals surface area (Å²) < 4.78 is 7.98. The summed E-state index contributed by atoms with van der Waals surface area (Å²) in [6.45, 7) is 10.3. The Bertz CT molecular complexity index is 1050. The van der Waals surface area contributed by atoms with E-state index in [9.17, 15) is 4.79 Å². The van der Waals surface area contributed by atoms with Crippen LogP contribution in [-0.4, -0.2) is 38.4 Å². The molecule has 7 heteroatoms. The number of para-hydroxylation sites is 1. The quantitative estimate of drug-likeness (QED) is 0.360. The highest BCUT2D eigenvalue weighted by atomic mass is 32.2. The summed E-state index contributed by atoms with van der Waals surface area (Å²) >= 11 is 1.44. The van der Waals surface area contributed by atoms with Crippen molar-refractivity contribution in [1.29, 1.82) is 0 Å². The molecule has 0 unspecified atom stereocenters. The largest absolute Gasteiger partial charge is 0.486 e. The topological polar surface area (TPSA) is 60.3 Å². The molecule has 3 aromatic rings. The molecule has 0 fully saturated rings. The van der Waals surface area contributed by atoms with Crippen molar-refractivity contribution >= 4 is 17.7 Å². The van der Waals surface area contributed by atoms with Crippen molar-refractivity contribution in [3.8, 4) is 5.75 Å². The first-order chi connectivity index (χ1) is 15.8. The van der Waals surface area contributed by atoms with Crippen LogP contribution >= 0.6 is 11.8 Å². The predicted molar refractivity (Wildman–Crippen MR) is 133 cm³/mol. The Balaban J connectivity index is 1.63. The van der Waals surface area contributed by atoms with Crippen LogP contribution in [0.5, 0.6) is 5.75 Å². The van der Waals surface area contributed by atoms with Gasteiger partial charge >= 0.3 is 0 Å². The molecule has 33 heavy (non-hydrogen) atoms. The lowest BCUT2D eigenvalue weighted by molar-refractivity contribution is -0.127. The molecule has 176 valence electrons.